The molecule has 6 aromatic carbocycles. The number of hydrogen-bond donors (Lipinski definition) is 0. The van der Waals surface area contributed by atoms with Crippen molar-refractivity contribution in [2.75, 3.05) is 52.9 Å². The van der Waals surface area contributed by atoms with Gasteiger partial charge in [0.05, 0.1) is 26.4 Å². The van der Waals surface area contributed by atoms with Crippen LogP contribution in [0.25, 0.3) is 22.3 Å². The van der Waals surface area contributed by atoms with E-state index in [9.17, 15) is 19.8 Å². The van der Waals surface area contributed by atoms with E-state index in [0.29, 0.717) is 89.1 Å². The van der Waals surface area contributed by atoms with Crippen LogP contribution in [0.1, 0.15) is 83.0 Å². The van der Waals surface area contributed by atoms with Gasteiger partial charge in [-0.15, -0.1) is 0 Å². The zero-order valence-corrected chi connectivity index (χ0v) is 43.8. The predicted molar refractivity (Wildman–Crippen MR) is 270 cm³/mol. The largest absolute Gasteiger partial charge is 2.00 e. The first-order valence-corrected chi connectivity index (χ1v) is 23.9. The predicted octanol–water partition coefficient (Wildman–Crippen LogP) is 8.78. The third-order valence-electron chi connectivity index (χ3n) is 12.6. The van der Waals surface area contributed by atoms with Crippen molar-refractivity contribution in [2.24, 2.45) is 0 Å². The van der Waals surface area contributed by atoms with Gasteiger partial charge in [-0.3, -0.25) is 0 Å². The van der Waals surface area contributed by atoms with Gasteiger partial charge >= 0.3 is 37.7 Å². The van der Waals surface area contributed by atoms with E-state index in [2.05, 4.69) is 76.2 Å². The Bertz CT molecular complexity index is 2570. The van der Waals surface area contributed by atoms with E-state index < -0.39 is 11.9 Å². The molecule has 0 saturated carbocycles. The Balaban J connectivity index is 0.000000229. The zero-order chi connectivity index (χ0) is 49.6. The van der Waals surface area contributed by atoms with Crippen LogP contribution in [0.3, 0.4) is 0 Å². The smallest absolute Gasteiger partial charge is 0.550 e. The first kappa shape index (κ1) is 54.6. The van der Waals surface area contributed by atoms with E-state index in [1.807, 2.05) is 74.5 Å². The Morgan fingerprint density at radius 3 is 1.28 bits per heavy atom. The fourth-order valence-electron chi connectivity index (χ4n) is 8.80. The summed E-state index contributed by atoms with van der Waals surface area (Å²) in [6, 6.07) is 35.9. The Hall–Kier alpha value is -5.76. The Labute approximate surface area is 447 Å². The molecule has 2 unspecified atom stereocenters. The second-order valence-electron chi connectivity index (χ2n) is 17.4. The van der Waals surface area contributed by atoms with Crippen LogP contribution >= 0.6 is 0 Å². The monoisotopic (exact) mass is 990 g/mol. The zero-order valence-electron chi connectivity index (χ0n) is 41.6. The molecule has 0 fully saturated rings. The van der Waals surface area contributed by atoms with Crippen molar-refractivity contribution in [1.82, 2.24) is 0 Å². The van der Waals surface area contributed by atoms with Crippen molar-refractivity contribution < 1.29 is 57.7 Å². The molecule has 6 aromatic rings. The maximum Gasteiger partial charge on any atom is 2.00 e. The molecular formula is C58H62CaO12. The van der Waals surface area contributed by atoms with E-state index in [1.165, 1.54) is 0 Å². The maximum atomic E-state index is 11.0. The van der Waals surface area contributed by atoms with E-state index >= 15 is 0 Å². The van der Waals surface area contributed by atoms with Crippen LogP contribution in [-0.4, -0.2) is 103 Å². The summed E-state index contributed by atoms with van der Waals surface area (Å²) < 4.78 is 45.8. The van der Waals surface area contributed by atoms with Crippen molar-refractivity contribution in [3.63, 3.8) is 0 Å². The molecule has 2 atom stereocenters. The number of carboxylic acid groups (broad SMARTS) is 2. The Morgan fingerprint density at radius 2 is 0.901 bits per heavy atom. The second-order valence-corrected chi connectivity index (χ2v) is 17.4. The van der Waals surface area contributed by atoms with Crippen LogP contribution in [0.5, 0.6) is 34.5 Å². The van der Waals surface area contributed by atoms with Gasteiger partial charge in [-0.25, -0.2) is 0 Å². The van der Waals surface area contributed by atoms with Crippen LogP contribution < -0.4 is 38.6 Å². The first-order valence-electron chi connectivity index (χ1n) is 23.9. The van der Waals surface area contributed by atoms with Crippen molar-refractivity contribution in [3.8, 4) is 56.8 Å². The molecule has 368 valence electrons. The number of rotatable bonds is 22. The molecule has 0 amide bonds. The van der Waals surface area contributed by atoms with Gasteiger partial charge < -0.3 is 57.7 Å². The van der Waals surface area contributed by atoms with E-state index in [4.69, 9.17) is 37.9 Å². The van der Waals surface area contributed by atoms with Crippen LogP contribution in [0, 0.1) is 27.7 Å². The number of carboxylic acids is 2. The molecule has 2 aliphatic rings. The molecule has 0 spiro atoms. The number of fused-ring (bicyclic) bond motifs is 2. The van der Waals surface area contributed by atoms with Crippen LogP contribution in [0.2, 0.25) is 0 Å². The van der Waals surface area contributed by atoms with Gasteiger partial charge in [0.2, 0.25) is 0 Å². The first-order chi connectivity index (χ1) is 33.9. The molecule has 8 rings (SSSR count). The summed E-state index contributed by atoms with van der Waals surface area (Å²) in [4.78, 5) is 21.9. The Morgan fingerprint density at radius 1 is 0.507 bits per heavy atom. The fraction of sp³-hybridized carbons (Fsp3) is 0.345. The molecule has 13 heteroatoms. The van der Waals surface area contributed by atoms with Gasteiger partial charge in [-0.2, -0.15) is 0 Å². The molecule has 0 bridgehead atoms. The molecule has 0 aliphatic carbocycles. The number of benzene rings is 6. The van der Waals surface area contributed by atoms with Crippen LogP contribution in [0.4, 0.5) is 0 Å². The van der Waals surface area contributed by atoms with Gasteiger partial charge in [-0.05, 0) is 146 Å². The molecule has 0 saturated heterocycles. The maximum absolute atomic E-state index is 11.0. The van der Waals surface area contributed by atoms with E-state index in [0.717, 1.165) is 78.3 Å². The average molecular weight is 991 g/mol. The standard InChI is InChI=1S/2C29H32O6.Ca/c2*1-4-32-12-13-33-23-8-10-25(19(2)14-23)26-7-5-6-21(20(26)3)17-34-24-9-11-27-22(15-29(30)31)18-35-28(27)16-24;/h2*5-11,14,16,22H,4,12-13,15,17-18H2,1-3H3,(H,30,31);/q;;+2/p-2. The second kappa shape index (κ2) is 26.6. The summed E-state index contributed by atoms with van der Waals surface area (Å²) in [5, 5.41) is 21.9. The van der Waals surface area contributed by atoms with Crippen molar-refractivity contribution in [2.45, 2.75) is 79.4 Å². The molecule has 2 heterocycles. The minimum absolute atomic E-state index is 0. The Kier molecular flexibility index (Phi) is 20.5. The third-order valence-corrected chi connectivity index (χ3v) is 12.6. The molecule has 0 aromatic heterocycles. The van der Waals surface area contributed by atoms with Gasteiger partial charge in [0.15, 0.2) is 0 Å². The third kappa shape index (κ3) is 14.7. The summed E-state index contributed by atoms with van der Waals surface area (Å²) in [5.74, 6) is 1.92. The minimum atomic E-state index is -1.07. The van der Waals surface area contributed by atoms with Crippen molar-refractivity contribution in [3.05, 3.63) is 154 Å². The fourth-order valence-corrected chi connectivity index (χ4v) is 8.80. The molecule has 12 nitrogen and oxygen atoms in total. The average Bonchev–Trinajstić information content (AvgIpc) is 3.93. The normalized spacial score (nSPS) is 14.1. The van der Waals surface area contributed by atoms with Crippen molar-refractivity contribution >= 4 is 49.7 Å². The summed E-state index contributed by atoms with van der Waals surface area (Å²) in [6.07, 6.45) is -0.0853. The SMILES string of the molecule is CCOCCOc1ccc(-c2cccc(COc3ccc4c(c3)OCC4CC(=O)[O-])c2C)c(C)c1.CCOCCOc1ccc(-c2cccc(COc3ccc4c(c3)OCC4CC(=O)[O-])c2C)c(C)c1.[Ca+2]. The number of carbonyl (C=O) groups excluding carboxylic acids is 2. The van der Waals surface area contributed by atoms with Crippen LogP contribution in [0.15, 0.2) is 109 Å². The van der Waals surface area contributed by atoms with Gasteiger partial charge in [0, 0.05) is 60.2 Å². The van der Waals surface area contributed by atoms with Gasteiger partial charge in [0.25, 0.3) is 0 Å². The molecule has 71 heavy (non-hydrogen) atoms. The molecule has 0 N–H and O–H groups in total. The number of aliphatic carboxylic acids is 2. The minimum Gasteiger partial charge on any atom is -0.550 e. The molecule has 0 radical (unpaired) electrons. The molecule has 2 aliphatic heterocycles. The number of ether oxygens (including phenoxy) is 8. The summed E-state index contributed by atoms with van der Waals surface area (Å²) in [7, 11) is 0. The van der Waals surface area contributed by atoms with Crippen molar-refractivity contribution in [1.29, 1.82) is 0 Å². The number of hydrogen-bond acceptors (Lipinski definition) is 12. The van der Waals surface area contributed by atoms with Crippen LogP contribution in [-0.2, 0) is 32.3 Å². The summed E-state index contributed by atoms with van der Waals surface area (Å²) >= 11 is 0. The van der Waals surface area contributed by atoms with E-state index in [1.54, 1.807) is 0 Å². The summed E-state index contributed by atoms with van der Waals surface area (Å²) in [6.45, 7) is 17.5. The van der Waals surface area contributed by atoms with Gasteiger partial charge in [-0.1, -0.05) is 60.7 Å². The van der Waals surface area contributed by atoms with E-state index in [-0.39, 0.29) is 62.4 Å². The number of carbonyl (C=O) groups is 2. The van der Waals surface area contributed by atoms with Gasteiger partial charge in [0.1, 0.15) is 60.9 Å². The molecular weight excluding hydrogens is 929 g/mol. The topological polar surface area (TPSA) is 154 Å². The quantitative estimate of drug-likeness (QED) is 0.0472. The number of aryl methyl sites for hydroxylation is 2. The summed E-state index contributed by atoms with van der Waals surface area (Å²) in [5.41, 5.74) is 13.2.